The molecule has 1 fully saturated rings. The Balaban J connectivity index is 1.32. The van der Waals surface area contributed by atoms with Crippen molar-refractivity contribution < 1.29 is 9.59 Å². The molecule has 1 N–H and O–H groups in total. The van der Waals surface area contributed by atoms with Gasteiger partial charge in [-0.1, -0.05) is 41.9 Å². The summed E-state index contributed by atoms with van der Waals surface area (Å²) in [4.78, 5) is 36.4. The van der Waals surface area contributed by atoms with E-state index in [-0.39, 0.29) is 18.0 Å². The SMILES string of the molecule is CC(C)N(Cc1nc(C(=O)N2CCN(Cc3ccccc3)CC2)cs1)C(=O)Nc1ccc(Cl)cc1. The molecule has 0 atom stereocenters. The minimum absolute atomic E-state index is 0.0388. The molecular weight excluding hydrogens is 482 g/mol. The number of carbonyl (C=O) groups excluding carboxylic acids is 2. The number of nitrogens with zero attached hydrogens (tertiary/aromatic N) is 4. The fourth-order valence-corrected chi connectivity index (χ4v) is 4.85. The minimum Gasteiger partial charge on any atom is -0.335 e. The van der Waals surface area contributed by atoms with Gasteiger partial charge >= 0.3 is 6.03 Å². The molecule has 0 spiro atoms. The van der Waals surface area contributed by atoms with Crippen molar-refractivity contribution in [3.63, 3.8) is 0 Å². The molecule has 2 heterocycles. The van der Waals surface area contributed by atoms with Gasteiger partial charge < -0.3 is 15.1 Å². The summed E-state index contributed by atoms with van der Waals surface area (Å²) in [5.41, 5.74) is 2.40. The van der Waals surface area contributed by atoms with E-state index in [9.17, 15) is 9.59 Å². The van der Waals surface area contributed by atoms with Gasteiger partial charge in [0.15, 0.2) is 0 Å². The number of amides is 3. The third kappa shape index (κ3) is 6.81. The van der Waals surface area contributed by atoms with Crippen LogP contribution in [0.25, 0.3) is 0 Å². The molecule has 1 aliphatic rings. The van der Waals surface area contributed by atoms with Gasteiger partial charge in [0.2, 0.25) is 0 Å². The van der Waals surface area contributed by atoms with Crippen molar-refractivity contribution in [1.82, 2.24) is 19.7 Å². The number of benzene rings is 2. The van der Waals surface area contributed by atoms with E-state index in [0.29, 0.717) is 36.0 Å². The summed E-state index contributed by atoms with van der Waals surface area (Å²) < 4.78 is 0. The summed E-state index contributed by atoms with van der Waals surface area (Å²) in [6.45, 7) is 8.17. The first-order chi connectivity index (χ1) is 16.9. The number of hydrogen-bond acceptors (Lipinski definition) is 5. The van der Waals surface area contributed by atoms with Crippen molar-refractivity contribution in [3.05, 3.63) is 81.3 Å². The average Bonchev–Trinajstić information content (AvgIpc) is 3.33. The van der Waals surface area contributed by atoms with Crippen molar-refractivity contribution in [3.8, 4) is 0 Å². The quantitative estimate of drug-likeness (QED) is 0.473. The molecule has 0 unspecified atom stereocenters. The summed E-state index contributed by atoms with van der Waals surface area (Å²) in [7, 11) is 0. The number of rotatable bonds is 7. The average molecular weight is 512 g/mol. The van der Waals surface area contributed by atoms with E-state index in [0.717, 1.165) is 24.6 Å². The normalized spacial score (nSPS) is 14.2. The van der Waals surface area contributed by atoms with E-state index in [4.69, 9.17) is 11.6 Å². The smallest absolute Gasteiger partial charge is 0.322 e. The van der Waals surface area contributed by atoms with Gasteiger partial charge in [0, 0.05) is 54.9 Å². The number of thiazole rings is 1. The van der Waals surface area contributed by atoms with Crippen LogP contribution in [0.1, 0.15) is 34.9 Å². The van der Waals surface area contributed by atoms with Gasteiger partial charge in [-0.3, -0.25) is 9.69 Å². The van der Waals surface area contributed by atoms with Crippen LogP contribution in [0.5, 0.6) is 0 Å². The van der Waals surface area contributed by atoms with Crippen molar-refractivity contribution in [2.45, 2.75) is 33.0 Å². The molecule has 1 saturated heterocycles. The molecule has 1 aliphatic heterocycles. The highest BCUT2D eigenvalue weighted by Gasteiger charge is 2.25. The van der Waals surface area contributed by atoms with E-state index in [1.165, 1.54) is 16.9 Å². The van der Waals surface area contributed by atoms with Gasteiger partial charge in [-0.15, -0.1) is 11.3 Å². The Hall–Kier alpha value is -2.94. The number of nitrogens with one attached hydrogen (secondary N) is 1. The Morgan fingerprint density at radius 3 is 2.40 bits per heavy atom. The standard InChI is InChI=1S/C26H30ClN5O2S/c1-19(2)32(26(34)28-22-10-8-21(27)9-11-22)17-24-29-23(18-35-24)25(33)31-14-12-30(13-15-31)16-20-6-4-3-5-7-20/h3-11,18-19H,12-17H2,1-2H3,(H,28,34). The Morgan fingerprint density at radius 1 is 1.06 bits per heavy atom. The predicted octanol–water partition coefficient (Wildman–Crippen LogP) is 5.20. The second-order valence-electron chi connectivity index (χ2n) is 8.84. The molecule has 3 amide bonds. The van der Waals surface area contributed by atoms with Crippen molar-refractivity contribution in [2.24, 2.45) is 0 Å². The van der Waals surface area contributed by atoms with E-state index in [1.807, 2.05) is 24.8 Å². The Kier molecular flexibility index (Phi) is 8.38. The molecule has 9 heteroatoms. The summed E-state index contributed by atoms with van der Waals surface area (Å²) in [6.07, 6.45) is 0. The van der Waals surface area contributed by atoms with Crippen LogP contribution in [-0.4, -0.2) is 63.8 Å². The first-order valence-corrected chi connectivity index (χ1v) is 13.0. The van der Waals surface area contributed by atoms with E-state index < -0.39 is 0 Å². The molecule has 4 rings (SSSR count). The maximum Gasteiger partial charge on any atom is 0.322 e. The van der Waals surface area contributed by atoms with Crippen LogP contribution < -0.4 is 5.32 Å². The van der Waals surface area contributed by atoms with Crippen LogP contribution in [-0.2, 0) is 13.1 Å². The number of aromatic nitrogens is 1. The maximum atomic E-state index is 13.0. The zero-order valence-electron chi connectivity index (χ0n) is 20.0. The molecule has 3 aromatic rings. The monoisotopic (exact) mass is 511 g/mol. The molecule has 35 heavy (non-hydrogen) atoms. The zero-order chi connectivity index (χ0) is 24.8. The molecule has 1 aromatic heterocycles. The molecule has 7 nitrogen and oxygen atoms in total. The number of urea groups is 1. The summed E-state index contributed by atoms with van der Waals surface area (Å²) in [5, 5.41) is 6.04. The molecule has 2 aromatic carbocycles. The Bertz CT molecular complexity index is 1130. The largest absolute Gasteiger partial charge is 0.335 e. The molecule has 0 radical (unpaired) electrons. The summed E-state index contributed by atoms with van der Waals surface area (Å²) >= 11 is 7.34. The van der Waals surface area contributed by atoms with Crippen LogP contribution >= 0.6 is 22.9 Å². The highest BCUT2D eigenvalue weighted by atomic mass is 35.5. The molecule has 184 valence electrons. The predicted molar refractivity (Wildman–Crippen MR) is 141 cm³/mol. The number of carbonyl (C=O) groups is 2. The van der Waals surface area contributed by atoms with Crippen LogP contribution in [0.2, 0.25) is 5.02 Å². The zero-order valence-corrected chi connectivity index (χ0v) is 21.6. The van der Waals surface area contributed by atoms with Crippen molar-refractivity contribution in [2.75, 3.05) is 31.5 Å². The van der Waals surface area contributed by atoms with Gasteiger partial charge in [-0.25, -0.2) is 9.78 Å². The highest BCUT2D eigenvalue weighted by molar-refractivity contribution is 7.09. The minimum atomic E-state index is -0.222. The van der Waals surface area contributed by atoms with Crippen LogP contribution in [0.4, 0.5) is 10.5 Å². The first kappa shape index (κ1) is 25.2. The maximum absolute atomic E-state index is 13.0. The third-order valence-electron chi connectivity index (χ3n) is 5.96. The lowest BCUT2D eigenvalue weighted by atomic mass is 10.2. The Labute approximate surface area is 215 Å². The van der Waals surface area contributed by atoms with Crippen LogP contribution in [0.15, 0.2) is 60.0 Å². The van der Waals surface area contributed by atoms with Gasteiger partial charge in [-0.2, -0.15) is 0 Å². The number of anilines is 1. The van der Waals surface area contributed by atoms with Crippen molar-refractivity contribution in [1.29, 1.82) is 0 Å². The van der Waals surface area contributed by atoms with E-state index in [1.54, 1.807) is 34.5 Å². The number of halogens is 1. The number of hydrogen-bond donors (Lipinski definition) is 1. The van der Waals surface area contributed by atoms with Crippen LogP contribution in [0.3, 0.4) is 0 Å². The summed E-state index contributed by atoms with van der Waals surface area (Å²) in [5.74, 6) is -0.0476. The first-order valence-electron chi connectivity index (χ1n) is 11.7. The second-order valence-corrected chi connectivity index (χ2v) is 10.2. The lowest BCUT2D eigenvalue weighted by Gasteiger charge is -2.34. The molecule has 0 bridgehead atoms. The second kappa shape index (κ2) is 11.7. The van der Waals surface area contributed by atoms with Gasteiger partial charge in [0.05, 0.1) is 6.54 Å². The van der Waals surface area contributed by atoms with Crippen molar-refractivity contribution >= 4 is 40.6 Å². The van der Waals surface area contributed by atoms with Gasteiger partial charge in [-0.05, 0) is 43.7 Å². The molecular formula is C26H30ClN5O2S. The van der Waals surface area contributed by atoms with E-state index >= 15 is 0 Å². The van der Waals surface area contributed by atoms with Gasteiger partial charge in [0.1, 0.15) is 10.7 Å². The van der Waals surface area contributed by atoms with E-state index in [2.05, 4.69) is 39.5 Å². The third-order valence-corrected chi connectivity index (χ3v) is 7.05. The molecule has 0 aliphatic carbocycles. The number of piperazine rings is 1. The highest BCUT2D eigenvalue weighted by Crippen LogP contribution is 2.19. The fraction of sp³-hybridized carbons (Fsp3) is 0.346. The lowest BCUT2D eigenvalue weighted by molar-refractivity contribution is 0.0623. The lowest BCUT2D eigenvalue weighted by Crippen LogP contribution is -2.48. The fourth-order valence-electron chi connectivity index (χ4n) is 3.96. The van der Waals surface area contributed by atoms with Crippen LogP contribution in [0, 0.1) is 0 Å². The molecule has 0 saturated carbocycles. The van der Waals surface area contributed by atoms with Gasteiger partial charge in [0.25, 0.3) is 5.91 Å². The topological polar surface area (TPSA) is 68.8 Å². The Morgan fingerprint density at radius 2 is 1.74 bits per heavy atom. The summed E-state index contributed by atoms with van der Waals surface area (Å²) in [6, 6.07) is 17.1.